The number of aliphatic hydroxyl groups excluding tert-OH is 1. The summed E-state index contributed by atoms with van der Waals surface area (Å²) in [6.45, 7) is -0.778. The second-order valence-corrected chi connectivity index (χ2v) is 3.12. The lowest BCUT2D eigenvalue weighted by atomic mass is 10.1. The zero-order valence-electron chi connectivity index (χ0n) is 8.51. The van der Waals surface area contributed by atoms with E-state index in [1.165, 1.54) is 0 Å². The third-order valence-corrected chi connectivity index (χ3v) is 1.85. The molecule has 7 heteroatoms. The molecule has 1 rings (SSSR count). The minimum absolute atomic E-state index is 0.00125. The maximum atomic E-state index is 10.9. The fraction of sp³-hybridized carbons (Fsp3) is 0.100. The van der Waals surface area contributed by atoms with Gasteiger partial charge < -0.3 is 20.6 Å². The number of carboxylic acids is 2. The van der Waals surface area contributed by atoms with Gasteiger partial charge in [-0.05, 0) is 18.2 Å². The van der Waals surface area contributed by atoms with E-state index < -0.39 is 24.5 Å². The van der Waals surface area contributed by atoms with Crippen molar-refractivity contribution in [3.8, 4) is 0 Å². The van der Waals surface area contributed by atoms with E-state index in [2.05, 4.69) is 5.32 Å². The van der Waals surface area contributed by atoms with Crippen molar-refractivity contribution in [1.82, 2.24) is 0 Å². The Morgan fingerprint density at radius 3 is 1.82 bits per heavy atom. The van der Waals surface area contributed by atoms with Gasteiger partial charge in [0.05, 0.1) is 11.1 Å². The van der Waals surface area contributed by atoms with Crippen LogP contribution in [-0.2, 0) is 4.79 Å². The molecule has 1 amide bonds. The second kappa shape index (κ2) is 5.08. The molecule has 90 valence electrons. The summed E-state index contributed by atoms with van der Waals surface area (Å²) in [7, 11) is 0. The van der Waals surface area contributed by atoms with Gasteiger partial charge in [0, 0.05) is 5.69 Å². The van der Waals surface area contributed by atoms with E-state index in [0.29, 0.717) is 0 Å². The first kappa shape index (κ1) is 12.7. The predicted octanol–water partition coefficient (Wildman–Crippen LogP) is 0.0138. The van der Waals surface area contributed by atoms with Crippen LogP contribution in [0.3, 0.4) is 0 Å². The van der Waals surface area contributed by atoms with Gasteiger partial charge in [-0.2, -0.15) is 0 Å². The van der Waals surface area contributed by atoms with Crippen molar-refractivity contribution in [2.45, 2.75) is 0 Å². The van der Waals surface area contributed by atoms with E-state index >= 15 is 0 Å². The van der Waals surface area contributed by atoms with Crippen molar-refractivity contribution in [3.05, 3.63) is 29.3 Å². The highest BCUT2D eigenvalue weighted by atomic mass is 16.4. The van der Waals surface area contributed by atoms with Gasteiger partial charge in [0.1, 0.15) is 6.61 Å². The van der Waals surface area contributed by atoms with Crippen LogP contribution in [0.1, 0.15) is 20.7 Å². The average molecular weight is 239 g/mol. The van der Waals surface area contributed by atoms with Gasteiger partial charge in [0.15, 0.2) is 0 Å². The number of amides is 1. The van der Waals surface area contributed by atoms with E-state index in [1.807, 2.05) is 0 Å². The van der Waals surface area contributed by atoms with Gasteiger partial charge in [0.2, 0.25) is 5.91 Å². The standard InChI is InChI=1S/C10H9NO6/c12-4-8(13)11-7-2-5(9(14)15)1-6(3-7)10(16)17/h1-3,12H,4H2,(H,11,13)(H,14,15)(H,16,17). The third kappa shape index (κ3) is 3.28. The molecular formula is C10H9NO6. The molecule has 7 nitrogen and oxygen atoms in total. The van der Waals surface area contributed by atoms with Crippen molar-refractivity contribution in [2.24, 2.45) is 0 Å². The van der Waals surface area contributed by atoms with Crippen molar-refractivity contribution < 1.29 is 29.7 Å². The number of nitrogens with one attached hydrogen (secondary N) is 1. The molecule has 0 unspecified atom stereocenters. The maximum Gasteiger partial charge on any atom is 0.335 e. The topological polar surface area (TPSA) is 124 Å². The molecule has 17 heavy (non-hydrogen) atoms. The summed E-state index contributed by atoms with van der Waals surface area (Å²) < 4.78 is 0. The highest BCUT2D eigenvalue weighted by molar-refractivity contribution is 5.98. The number of rotatable bonds is 4. The Bertz CT molecular complexity index is 449. The van der Waals surface area contributed by atoms with Crippen LogP contribution in [0.4, 0.5) is 5.69 Å². The quantitative estimate of drug-likeness (QED) is 0.586. The average Bonchev–Trinajstić information content (AvgIpc) is 2.28. The van der Waals surface area contributed by atoms with Crippen LogP contribution >= 0.6 is 0 Å². The Labute approximate surface area is 95.3 Å². The molecule has 1 aromatic carbocycles. The Balaban J connectivity index is 3.16. The number of hydrogen-bond acceptors (Lipinski definition) is 4. The SMILES string of the molecule is O=C(CO)Nc1cc(C(=O)O)cc(C(=O)O)c1. The van der Waals surface area contributed by atoms with Crippen LogP contribution in [0.2, 0.25) is 0 Å². The normalized spacial score (nSPS) is 9.71. The van der Waals surface area contributed by atoms with Crippen molar-refractivity contribution in [2.75, 3.05) is 11.9 Å². The molecule has 0 spiro atoms. The van der Waals surface area contributed by atoms with Gasteiger partial charge in [-0.25, -0.2) is 9.59 Å². The van der Waals surface area contributed by atoms with E-state index in [1.54, 1.807) is 0 Å². The molecule has 0 aliphatic carbocycles. The summed E-state index contributed by atoms with van der Waals surface area (Å²) in [5.74, 6) is -3.39. The molecule has 0 aromatic heterocycles. The van der Waals surface area contributed by atoms with Crippen LogP contribution < -0.4 is 5.32 Å². The number of carbonyl (C=O) groups is 3. The fourth-order valence-corrected chi connectivity index (χ4v) is 1.15. The minimum Gasteiger partial charge on any atom is -0.478 e. The van der Waals surface area contributed by atoms with Crippen molar-refractivity contribution in [1.29, 1.82) is 0 Å². The first-order valence-corrected chi connectivity index (χ1v) is 4.46. The van der Waals surface area contributed by atoms with Crippen LogP contribution in [-0.4, -0.2) is 39.8 Å². The van der Waals surface area contributed by atoms with E-state index in [-0.39, 0.29) is 16.8 Å². The Morgan fingerprint density at radius 2 is 1.47 bits per heavy atom. The zero-order chi connectivity index (χ0) is 13.0. The summed E-state index contributed by atoms with van der Waals surface area (Å²) in [4.78, 5) is 32.3. The number of hydrogen-bond donors (Lipinski definition) is 4. The van der Waals surface area contributed by atoms with Crippen LogP contribution in [0.5, 0.6) is 0 Å². The van der Waals surface area contributed by atoms with Gasteiger partial charge >= 0.3 is 11.9 Å². The number of carboxylic acid groups (broad SMARTS) is 2. The highest BCUT2D eigenvalue weighted by Gasteiger charge is 2.12. The van der Waals surface area contributed by atoms with Gasteiger partial charge in [-0.15, -0.1) is 0 Å². The van der Waals surface area contributed by atoms with E-state index in [4.69, 9.17) is 15.3 Å². The van der Waals surface area contributed by atoms with Crippen LogP contribution in [0.15, 0.2) is 18.2 Å². The molecule has 0 saturated heterocycles. The summed E-state index contributed by atoms with van der Waals surface area (Å²) in [5.41, 5.74) is -0.530. The third-order valence-electron chi connectivity index (χ3n) is 1.85. The first-order valence-electron chi connectivity index (χ1n) is 4.46. The van der Waals surface area contributed by atoms with E-state index in [0.717, 1.165) is 18.2 Å². The summed E-state index contributed by atoms with van der Waals surface area (Å²) in [6.07, 6.45) is 0. The maximum absolute atomic E-state index is 10.9. The van der Waals surface area contributed by atoms with E-state index in [9.17, 15) is 14.4 Å². The summed E-state index contributed by atoms with van der Waals surface area (Å²) in [6, 6.07) is 3.17. The molecule has 0 aliphatic rings. The molecule has 0 radical (unpaired) electrons. The smallest absolute Gasteiger partial charge is 0.335 e. The molecule has 4 N–H and O–H groups in total. The first-order chi connectivity index (χ1) is 7.93. The molecule has 0 fully saturated rings. The van der Waals surface area contributed by atoms with Gasteiger partial charge in [-0.1, -0.05) is 0 Å². The van der Waals surface area contributed by atoms with Crippen molar-refractivity contribution >= 4 is 23.5 Å². The lowest BCUT2D eigenvalue weighted by Gasteiger charge is -2.06. The molecule has 0 atom stereocenters. The van der Waals surface area contributed by atoms with Crippen LogP contribution in [0, 0.1) is 0 Å². The molecule has 0 bridgehead atoms. The van der Waals surface area contributed by atoms with Gasteiger partial charge in [0.25, 0.3) is 0 Å². The Kier molecular flexibility index (Phi) is 3.78. The summed E-state index contributed by atoms with van der Waals surface area (Å²) >= 11 is 0. The lowest BCUT2D eigenvalue weighted by Crippen LogP contribution is -2.16. The lowest BCUT2D eigenvalue weighted by molar-refractivity contribution is -0.118. The summed E-state index contributed by atoms with van der Waals surface area (Å²) in [5, 5.41) is 28.2. The number of benzene rings is 1. The van der Waals surface area contributed by atoms with Gasteiger partial charge in [-0.3, -0.25) is 4.79 Å². The van der Waals surface area contributed by atoms with Crippen molar-refractivity contribution in [3.63, 3.8) is 0 Å². The molecular weight excluding hydrogens is 230 g/mol. The second-order valence-electron chi connectivity index (χ2n) is 3.12. The number of aliphatic hydroxyl groups is 1. The highest BCUT2D eigenvalue weighted by Crippen LogP contribution is 2.15. The monoisotopic (exact) mass is 239 g/mol. The zero-order valence-corrected chi connectivity index (χ0v) is 8.51. The molecule has 0 aliphatic heterocycles. The Morgan fingerprint density at radius 1 is 1.00 bits per heavy atom. The molecule has 0 saturated carbocycles. The minimum atomic E-state index is -1.31. The molecule has 0 heterocycles. The molecule has 1 aromatic rings. The number of aromatic carboxylic acids is 2. The Hall–Kier alpha value is -2.41. The number of carbonyl (C=O) groups excluding carboxylic acids is 1. The fourth-order valence-electron chi connectivity index (χ4n) is 1.15. The number of anilines is 1. The predicted molar refractivity (Wildman–Crippen MR) is 56.1 cm³/mol. The largest absolute Gasteiger partial charge is 0.478 e. The van der Waals surface area contributed by atoms with Crippen LogP contribution in [0.25, 0.3) is 0 Å².